The van der Waals surface area contributed by atoms with Gasteiger partial charge in [-0.25, -0.2) is 0 Å². The fraction of sp³-hybridized carbons (Fsp3) is 0.429. The molecule has 0 saturated heterocycles. The van der Waals surface area contributed by atoms with Crippen LogP contribution in [0.4, 0.5) is 5.69 Å². The van der Waals surface area contributed by atoms with Crippen LogP contribution in [0, 0.1) is 11.3 Å². The van der Waals surface area contributed by atoms with Crippen molar-refractivity contribution in [3.63, 3.8) is 0 Å². The van der Waals surface area contributed by atoms with Gasteiger partial charge in [-0.3, -0.25) is 4.79 Å². The predicted octanol–water partition coefficient (Wildman–Crippen LogP) is 3.71. The van der Waals surface area contributed by atoms with Crippen LogP contribution in [-0.2, 0) is 4.79 Å². The third-order valence-electron chi connectivity index (χ3n) is 2.32. The van der Waals surface area contributed by atoms with Crippen molar-refractivity contribution in [3.05, 3.63) is 27.7 Å². The average Bonchev–Trinajstić information content (AvgIpc) is 2.30. The van der Waals surface area contributed by atoms with Gasteiger partial charge < -0.3 is 10.6 Å². The Morgan fingerprint density at radius 1 is 1.50 bits per heavy atom. The van der Waals surface area contributed by atoms with Gasteiger partial charge in [-0.1, -0.05) is 11.6 Å². The van der Waals surface area contributed by atoms with Gasteiger partial charge in [0.05, 0.1) is 17.5 Å². The second-order valence-corrected chi connectivity index (χ2v) is 6.72. The summed E-state index contributed by atoms with van der Waals surface area (Å²) < 4.78 is 0.736. The van der Waals surface area contributed by atoms with Gasteiger partial charge in [-0.2, -0.15) is 5.26 Å². The molecule has 108 valence electrons. The molecule has 0 bridgehead atoms. The van der Waals surface area contributed by atoms with Crippen LogP contribution in [0.25, 0.3) is 0 Å². The van der Waals surface area contributed by atoms with Crippen LogP contribution in [0.3, 0.4) is 0 Å². The number of nitriles is 1. The molecule has 0 aliphatic rings. The number of hydrogen-bond acceptors (Lipinski definition) is 3. The zero-order valence-electron chi connectivity index (χ0n) is 11.6. The van der Waals surface area contributed by atoms with E-state index in [0.717, 1.165) is 10.2 Å². The maximum Gasteiger partial charge on any atom is 0.223 e. The summed E-state index contributed by atoms with van der Waals surface area (Å²) in [6.45, 7) is 5.70. The maximum atomic E-state index is 11.8. The number of nitrogens with zero attached hydrogens (tertiary/aromatic N) is 1. The number of carbonyl (C=O) groups is 1. The molecular weight excluding hydrogens is 342 g/mol. The summed E-state index contributed by atoms with van der Waals surface area (Å²) in [4.78, 5) is 11.8. The number of halogens is 2. The zero-order valence-corrected chi connectivity index (χ0v) is 14.0. The molecule has 0 heterocycles. The van der Waals surface area contributed by atoms with Gasteiger partial charge in [-0.05, 0) is 54.9 Å². The minimum atomic E-state index is -0.592. The number of rotatable bonds is 4. The van der Waals surface area contributed by atoms with Crippen molar-refractivity contribution >= 4 is 39.1 Å². The lowest BCUT2D eigenvalue weighted by molar-refractivity contribution is -0.122. The van der Waals surface area contributed by atoms with E-state index >= 15 is 0 Å². The lowest BCUT2D eigenvalue weighted by Crippen LogP contribution is -2.42. The Labute approximate surface area is 132 Å². The molecule has 1 aromatic rings. The highest BCUT2D eigenvalue weighted by molar-refractivity contribution is 9.10. The van der Waals surface area contributed by atoms with Gasteiger partial charge in [0.2, 0.25) is 5.91 Å². The van der Waals surface area contributed by atoms with Crippen molar-refractivity contribution in [2.75, 3.05) is 5.32 Å². The summed E-state index contributed by atoms with van der Waals surface area (Å²) in [6, 6.07) is 6.74. The first-order chi connectivity index (χ1) is 9.21. The highest BCUT2D eigenvalue weighted by Crippen LogP contribution is 2.26. The largest absolute Gasteiger partial charge is 0.369 e. The van der Waals surface area contributed by atoms with E-state index in [1.54, 1.807) is 18.2 Å². The van der Waals surface area contributed by atoms with E-state index in [4.69, 9.17) is 16.9 Å². The molecule has 1 rings (SSSR count). The van der Waals surface area contributed by atoms with Crippen molar-refractivity contribution < 1.29 is 4.79 Å². The zero-order chi connectivity index (χ0) is 15.3. The SMILES string of the molecule is CC(C)(C)NC(=O)CC(C#N)Nc1ccc(Cl)c(Br)c1. The second-order valence-electron chi connectivity index (χ2n) is 5.46. The van der Waals surface area contributed by atoms with E-state index in [1.165, 1.54) is 0 Å². The molecule has 0 spiro atoms. The van der Waals surface area contributed by atoms with E-state index in [0.29, 0.717) is 5.02 Å². The number of amides is 1. The number of anilines is 1. The molecule has 1 unspecified atom stereocenters. The molecule has 1 aromatic carbocycles. The molecule has 0 aliphatic heterocycles. The molecule has 0 aromatic heterocycles. The summed E-state index contributed by atoms with van der Waals surface area (Å²) in [6.07, 6.45) is 0.0913. The Kier molecular flexibility index (Phi) is 5.85. The minimum absolute atomic E-state index is 0.0913. The molecule has 0 aliphatic carbocycles. The third kappa shape index (κ3) is 5.81. The Morgan fingerprint density at radius 2 is 2.15 bits per heavy atom. The van der Waals surface area contributed by atoms with Gasteiger partial charge in [-0.15, -0.1) is 0 Å². The van der Waals surface area contributed by atoms with Crippen LogP contribution in [0.5, 0.6) is 0 Å². The maximum absolute atomic E-state index is 11.8. The molecule has 2 N–H and O–H groups in total. The number of nitrogens with one attached hydrogen (secondary N) is 2. The predicted molar refractivity (Wildman–Crippen MR) is 84.7 cm³/mol. The Morgan fingerprint density at radius 3 is 2.65 bits per heavy atom. The standard InChI is InChI=1S/C14H17BrClN3O/c1-14(2,3)19-13(20)7-10(8-17)18-9-4-5-12(16)11(15)6-9/h4-6,10,18H,7H2,1-3H3,(H,19,20). The van der Waals surface area contributed by atoms with Crippen LogP contribution in [0.15, 0.2) is 22.7 Å². The van der Waals surface area contributed by atoms with Crippen LogP contribution < -0.4 is 10.6 Å². The second kappa shape index (κ2) is 6.96. The molecule has 0 radical (unpaired) electrons. The van der Waals surface area contributed by atoms with Gasteiger partial charge in [0.1, 0.15) is 6.04 Å². The highest BCUT2D eigenvalue weighted by atomic mass is 79.9. The van der Waals surface area contributed by atoms with Crippen LogP contribution in [0.2, 0.25) is 5.02 Å². The number of hydrogen-bond donors (Lipinski definition) is 2. The van der Waals surface area contributed by atoms with E-state index in [9.17, 15) is 4.79 Å². The first-order valence-corrected chi connectivity index (χ1v) is 7.30. The fourth-order valence-electron chi connectivity index (χ4n) is 1.57. The molecule has 20 heavy (non-hydrogen) atoms. The lowest BCUT2D eigenvalue weighted by Gasteiger charge is -2.21. The van der Waals surface area contributed by atoms with E-state index in [-0.39, 0.29) is 17.9 Å². The van der Waals surface area contributed by atoms with Crippen LogP contribution in [-0.4, -0.2) is 17.5 Å². The first-order valence-electron chi connectivity index (χ1n) is 6.13. The summed E-state index contributed by atoms with van der Waals surface area (Å²) >= 11 is 9.22. The summed E-state index contributed by atoms with van der Waals surface area (Å²) in [5.74, 6) is -0.162. The van der Waals surface area contributed by atoms with E-state index < -0.39 is 6.04 Å². The van der Waals surface area contributed by atoms with E-state index in [1.807, 2.05) is 20.8 Å². The summed E-state index contributed by atoms with van der Waals surface area (Å²) in [5.41, 5.74) is 0.428. The molecular formula is C14H17BrClN3O. The normalized spacial score (nSPS) is 12.4. The molecule has 0 saturated carbocycles. The van der Waals surface area contributed by atoms with Crippen molar-refractivity contribution in [1.82, 2.24) is 5.32 Å². The number of carbonyl (C=O) groups excluding carboxylic acids is 1. The summed E-state index contributed by atoms with van der Waals surface area (Å²) in [5, 5.41) is 15.6. The van der Waals surface area contributed by atoms with Crippen molar-refractivity contribution in [3.8, 4) is 6.07 Å². The Hall–Kier alpha value is -1.25. The summed E-state index contributed by atoms with van der Waals surface area (Å²) in [7, 11) is 0. The molecule has 6 heteroatoms. The van der Waals surface area contributed by atoms with Crippen molar-refractivity contribution in [2.24, 2.45) is 0 Å². The minimum Gasteiger partial charge on any atom is -0.369 e. The third-order valence-corrected chi connectivity index (χ3v) is 3.53. The van der Waals surface area contributed by atoms with Gasteiger partial charge in [0, 0.05) is 15.7 Å². The van der Waals surface area contributed by atoms with Crippen molar-refractivity contribution in [1.29, 1.82) is 5.26 Å². The topological polar surface area (TPSA) is 64.9 Å². The van der Waals surface area contributed by atoms with Crippen LogP contribution >= 0.6 is 27.5 Å². The van der Waals surface area contributed by atoms with Gasteiger partial charge >= 0.3 is 0 Å². The monoisotopic (exact) mass is 357 g/mol. The Bertz CT molecular complexity index is 534. The fourth-order valence-corrected chi connectivity index (χ4v) is 2.07. The van der Waals surface area contributed by atoms with Gasteiger partial charge in [0.25, 0.3) is 0 Å². The molecule has 1 atom stereocenters. The lowest BCUT2D eigenvalue weighted by atomic mass is 10.1. The smallest absolute Gasteiger partial charge is 0.223 e. The van der Waals surface area contributed by atoms with Crippen molar-refractivity contribution in [2.45, 2.75) is 38.8 Å². The number of benzene rings is 1. The average molecular weight is 359 g/mol. The van der Waals surface area contributed by atoms with Crippen LogP contribution in [0.1, 0.15) is 27.2 Å². The molecule has 4 nitrogen and oxygen atoms in total. The highest BCUT2D eigenvalue weighted by Gasteiger charge is 2.18. The van der Waals surface area contributed by atoms with Gasteiger partial charge in [0.15, 0.2) is 0 Å². The first kappa shape index (κ1) is 16.8. The quantitative estimate of drug-likeness (QED) is 0.862. The van der Waals surface area contributed by atoms with E-state index in [2.05, 4.69) is 32.6 Å². The Balaban J connectivity index is 2.66. The molecule has 0 fully saturated rings. The molecule has 1 amide bonds.